The van der Waals surface area contributed by atoms with Gasteiger partial charge in [0.25, 0.3) is 17.1 Å². The highest BCUT2D eigenvalue weighted by Crippen LogP contribution is 2.28. The Morgan fingerprint density at radius 1 is 1.03 bits per heavy atom. The summed E-state index contributed by atoms with van der Waals surface area (Å²) in [7, 11) is 0. The molecule has 0 aliphatic carbocycles. The number of imide groups is 1. The molecule has 0 bridgehead atoms. The van der Waals surface area contributed by atoms with Crippen molar-refractivity contribution < 1.29 is 28.3 Å². The van der Waals surface area contributed by atoms with Crippen molar-refractivity contribution in [1.29, 1.82) is 0 Å². The summed E-state index contributed by atoms with van der Waals surface area (Å²) in [4.78, 5) is 47.4. The molecule has 0 saturated carbocycles. The van der Waals surface area contributed by atoms with E-state index in [-0.39, 0.29) is 10.5 Å². The number of nitrogens with one attached hydrogen (secondary N) is 2. The molecule has 8 nitrogen and oxygen atoms in total. The third kappa shape index (κ3) is 5.58. The quantitative estimate of drug-likeness (QED) is 0.413. The third-order valence-electron chi connectivity index (χ3n) is 4.62. The lowest BCUT2D eigenvalue weighted by molar-refractivity contribution is -0.119. The van der Waals surface area contributed by atoms with Gasteiger partial charge in [-0.15, -0.1) is 0 Å². The van der Waals surface area contributed by atoms with Crippen LogP contribution in [-0.2, 0) is 14.3 Å². The molecule has 1 saturated heterocycles. The van der Waals surface area contributed by atoms with Crippen LogP contribution in [0, 0.1) is 6.92 Å². The number of carbonyl (C=O) groups excluding carboxylic acids is 4. The number of ether oxygens (including phenoxy) is 1. The van der Waals surface area contributed by atoms with Gasteiger partial charge >= 0.3 is 5.97 Å². The second-order valence-corrected chi connectivity index (χ2v) is 8.14. The number of hydrogen-bond acceptors (Lipinski definition) is 7. The van der Waals surface area contributed by atoms with Gasteiger partial charge in [-0.05, 0) is 55.1 Å². The smallest absolute Gasteiger partial charge is 0.338 e. The minimum Gasteiger partial charge on any atom is -0.457 e. The molecule has 2 N–H and O–H groups in total. The van der Waals surface area contributed by atoms with Gasteiger partial charge in [0.1, 0.15) is 11.5 Å². The molecule has 4 rings (SSSR count). The minimum absolute atomic E-state index is 0.255. The van der Waals surface area contributed by atoms with Crippen LogP contribution in [0.4, 0.5) is 10.5 Å². The van der Waals surface area contributed by atoms with E-state index in [9.17, 15) is 19.2 Å². The molecule has 33 heavy (non-hydrogen) atoms. The molecule has 0 unspecified atom stereocenters. The van der Waals surface area contributed by atoms with Crippen molar-refractivity contribution in [2.45, 2.75) is 6.92 Å². The Hall–Kier alpha value is -4.11. The number of thioether (sulfide) groups is 1. The molecule has 0 radical (unpaired) electrons. The molecule has 1 aliphatic heterocycles. The first-order valence-corrected chi connectivity index (χ1v) is 10.7. The molecule has 3 amide bonds. The summed E-state index contributed by atoms with van der Waals surface area (Å²) >= 11 is 0.808. The van der Waals surface area contributed by atoms with E-state index in [1.807, 2.05) is 19.1 Å². The van der Waals surface area contributed by atoms with Crippen LogP contribution in [0.15, 0.2) is 70.0 Å². The molecule has 3 aromatic rings. The number of amides is 3. The lowest BCUT2D eigenvalue weighted by Crippen LogP contribution is -2.20. The van der Waals surface area contributed by atoms with E-state index >= 15 is 0 Å². The molecular weight excluding hydrogens is 444 g/mol. The largest absolute Gasteiger partial charge is 0.457 e. The van der Waals surface area contributed by atoms with Crippen LogP contribution in [0.25, 0.3) is 17.4 Å². The van der Waals surface area contributed by atoms with Gasteiger partial charge in [0.2, 0.25) is 0 Å². The molecule has 0 spiro atoms. The normalized spacial score (nSPS) is 14.3. The first-order valence-electron chi connectivity index (χ1n) is 9.86. The fourth-order valence-corrected chi connectivity index (χ4v) is 3.62. The highest BCUT2D eigenvalue weighted by Gasteiger charge is 2.25. The van der Waals surface area contributed by atoms with Crippen molar-refractivity contribution in [3.05, 3.63) is 82.5 Å². The molecule has 2 heterocycles. The van der Waals surface area contributed by atoms with Crippen LogP contribution in [0.1, 0.15) is 21.7 Å². The van der Waals surface area contributed by atoms with E-state index in [1.54, 1.807) is 48.5 Å². The summed E-state index contributed by atoms with van der Waals surface area (Å²) < 4.78 is 10.8. The van der Waals surface area contributed by atoms with Crippen LogP contribution < -0.4 is 10.6 Å². The first kappa shape index (κ1) is 22.1. The maximum absolute atomic E-state index is 12.2. The van der Waals surface area contributed by atoms with Crippen LogP contribution in [0.3, 0.4) is 0 Å². The highest BCUT2D eigenvalue weighted by molar-refractivity contribution is 8.18. The summed E-state index contributed by atoms with van der Waals surface area (Å²) in [5.74, 6) is -0.580. The number of benzene rings is 2. The Labute approximate surface area is 193 Å². The number of rotatable bonds is 6. The van der Waals surface area contributed by atoms with Crippen molar-refractivity contribution in [2.75, 3.05) is 11.9 Å². The molecule has 0 atom stereocenters. The summed E-state index contributed by atoms with van der Waals surface area (Å²) in [6.45, 7) is 1.54. The van der Waals surface area contributed by atoms with Crippen molar-refractivity contribution >= 4 is 46.5 Å². The maximum Gasteiger partial charge on any atom is 0.338 e. The van der Waals surface area contributed by atoms with Crippen molar-refractivity contribution in [2.24, 2.45) is 0 Å². The topological polar surface area (TPSA) is 115 Å². The van der Waals surface area contributed by atoms with Crippen molar-refractivity contribution in [3.8, 4) is 11.3 Å². The van der Waals surface area contributed by atoms with Crippen LogP contribution in [0.2, 0.25) is 0 Å². The lowest BCUT2D eigenvalue weighted by Gasteiger charge is -2.07. The molecule has 1 fully saturated rings. The summed E-state index contributed by atoms with van der Waals surface area (Å²) in [6, 6.07) is 17.2. The Morgan fingerprint density at radius 3 is 2.42 bits per heavy atom. The van der Waals surface area contributed by atoms with E-state index < -0.39 is 29.6 Å². The molecule has 9 heteroatoms. The van der Waals surface area contributed by atoms with Gasteiger partial charge in [-0.25, -0.2) is 4.79 Å². The minimum atomic E-state index is -0.626. The maximum atomic E-state index is 12.2. The Balaban J connectivity index is 1.34. The van der Waals surface area contributed by atoms with Crippen molar-refractivity contribution in [1.82, 2.24) is 5.32 Å². The zero-order chi connectivity index (χ0) is 23.4. The number of furan rings is 1. The zero-order valence-corrected chi connectivity index (χ0v) is 18.2. The number of aryl methyl sites for hydroxylation is 1. The van der Waals surface area contributed by atoms with Crippen LogP contribution in [0.5, 0.6) is 0 Å². The molecular formula is C24H18N2O6S. The summed E-state index contributed by atoms with van der Waals surface area (Å²) in [6.07, 6.45) is 1.49. The Kier molecular flexibility index (Phi) is 6.41. The summed E-state index contributed by atoms with van der Waals surface area (Å²) in [5, 5.41) is 4.42. The van der Waals surface area contributed by atoms with Gasteiger partial charge in [-0.2, -0.15) is 0 Å². The lowest BCUT2D eigenvalue weighted by atomic mass is 10.1. The average molecular weight is 462 g/mol. The second kappa shape index (κ2) is 9.58. The number of carbonyl (C=O) groups is 4. The van der Waals surface area contributed by atoms with E-state index in [1.165, 1.54) is 6.08 Å². The fourth-order valence-electron chi connectivity index (χ4n) is 2.95. The molecule has 1 aliphatic rings. The SMILES string of the molecule is Cc1ccc(NC(=O)COC(=O)c2ccc(-c3ccc(C=C4SC(=O)NC4=O)o3)cc2)cc1. The van der Waals surface area contributed by atoms with Gasteiger partial charge in [-0.1, -0.05) is 29.8 Å². The van der Waals surface area contributed by atoms with Gasteiger partial charge in [0.15, 0.2) is 6.61 Å². The highest BCUT2D eigenvalue weighted by atomic mass is 32.2. The second-order valence-electron chi connectivity index (χ2n) is 7.12. The molecule has 2 aromatic carbocycles. The Morgan fingerprint density at radius 2 is 1.76 bits per heavy atom. The van der Waals surface area contributed by atoms with Gasteiger partial charge in [0.05, 0.1) is 10.5 Å². The van der Waals surface area contributed by atoms with Gasteiger partial charge in [-0.3, -0.25) is 19.7 Å². The number of hydrogen-bond donors (Lipinski definition) is 2. The standard InChI is InChI=1S/C24H18N2O6S/c1-14-2-8-17(9-3-14)25-21(27)13-31-23(29)16-6-4-15(5-7-16)19-11-10-18(32-19)12-20-22(28)26-24(30)33-20/h2-12H,13H2,1H3,(H,25,27)(H,26,28,30). The first-order chi connectivity index (χ1) is 15.9. The fraction of sp³-hybridized carbons (Fsp3) is 0.0833. The van der Waals surface area contributed by atoms with Crippen LogP contribution >= 0.6 is 11.8 Å². The van der Waals surface area contributed by atoms with Crippen molar-refractivity contribution in [3.63, 3.8) is 0 Å². The number of esters is 1. The van der Waals surface area contributed by atoms with E-state index in [0.29, 0.717) is 22.8 Å². The van der Waals surface area contributed by atoms with Gasteiger partial charge < -0.3 is 14.5 Å². The van der Waals surface area contributed by atoms with E-state index in [2.05, 4.69) is 10.6 Å². The van der Waals surface area contributed by atoms with Gasteiger partial charge in [0, 0.05) is 17.3 Å². The predicted molar refractivity (Wildman–Crippen MR) is 123 cm³/mol. The Bertz CT molecular complexity index is 1260. The summed E-state index contributed by atoms with van der Waals surface area (Å²) in [5.41, 5.74) is 2.68. The average Bonchev–Trinajstić information content (AvgIpc) is 3.39. The van der Waals surface area contributed by atoms with Crippen LogP contribution in [-0.4, -0.2) is 29.6 Å². The monoisotopic (exact) mass is 462 g/mol. The third-order valence-corrected chi connectivity index (χ3v) is 5.43. The zero-order valence-electron chi connectivity index (χ0n) is 17.4. The number of anilines is 1. The molecule has 166 valence electrons. The van der Waals surface area contributed by atoms with E-state index in [4.69, 9.17) is 9.15 Å². The van der Waals surface area contributed by atoms with E-state index in [0.717, 1.165) is 17.3 Å². The predicted octanol–water partition coefficient (Wildman–Crippen LogP) is 4.37. The molecule has 1 aromatic heterocycles.